The van der Waals surface area contributed by atoms with Gasteiger partial charge in [0, 0.05) is 18.1 Å². The van der Waals surface area contributed by atoms with E-state index in [0.717, 1.165) is 12.8 Å². The Morgan fingerprint density at radius 2 is 2.19 bits per heavy atom. The van der Waals surface area contributed by atoms with Crippen LogP contribution in [0.4, 0.5) is 0 Å². The average molecular weight is 312 g/mol. The minimum atomic E-state index is -3.54. The maximum atomic E-state index is 12.3. The maximum Gasteiger partial charge on any atom is 0.309 e. The molecule has 0 spiro atoms. The summed E-state index contributed by atoms with van der Waals surface area (Å²) in [5.74, 6) is -1.07. The predicted octanol–water partition coefficient (Wildman–Crippen LogP) is 1.94. The number of benzene rings is 1. The normalized spacial score (nSPS) is 22.5. The molecule has 2 rings (SSSR count). The summed E-state index contributed by atoms with van der Waals surface area (Å²) in [6.45, 7) is 2.55. The lowest BCUT2D eigenvalue weighted by atomic mass is 10.2. The standard InChI is InChI=1S/C15H21O5P/c1-12(15(16)20-10-13-6-5-9-19-13)11-21(17,18)14-7-3-2-4-8-14/h2-4,7-8,12-13H,5-6,9-11H2,1H3,(H,17,18). The third-order valence-electron chi connectivity index (χ3n) is 3.52. The van der Waals surface area contributed by atoms with Gasteiger partial charge in [0.1, 0.15) is 6.61 Å². The molecule has 0 aromatic heterocycles. The lowest BCUT2D eigenvalue weighted by Gasteiger charge is -2.17. The summed E-state index contributed by atoms with van der Waals surface area (Å²) in [6, 6.07) is 8.40. The molecule has 1 aliphatic rings. The van der Waals surface area contributed by atoms with Crippen molar-refractivity contribution in [1.82, 2.24) is 0 Å². The van der Waals surface area contributed by atoms with Crippen molar-refractivity contribution in [2.75, 3.05) is 19.4 Å². The van der Waals surface area contributed by atoms with Crippen LogP contribution in [0, 0.1) is 5.92 Å². The third kappa shape index (κ3) is 4.67. The first kappa shape index (κ1) is 16.2. The molecule has 3 atom stereocenters. The zero-order chi connectivity index (χ0) is 15.3. The number of hydrogen-bond acceptors (Lipinski definition) is 4. The molecular weight excluding hydrogens is 291 g/mol. The summed E-state index contributed by atoms with van der Waals surface area (Å²) in [6.07, 6.45) is 1.74. The maximum absolute atomic E-state index is 12.3. The molecule has 1 fully saturated rings. The Morgan fingerprint density at radius 1 is 1.48 bits per heavy atom. The lowest BCUT2D eigenvalue weighted by molar-refractivity contribution is -0.150. The molecule has 6 heteroatoms. The van der Waals surface area contributed by atoms with E-state index in [1.165, 1.54) is 0 Å². The van der Waals surface area contributed by atoms with E-state index in [1.807, 2.05) is 0 Å². The Balaban J connectivity index is 1.86. The van der Waals surface area contributed by atoms with Crippen molar-refractivity contribution >= 4 is 18.6 Å². The summed E-state index contributed by atoms with van der Waals surface area (Å²) in [5, 5.41) is 0.365. The summed E-state index contributed by atoms with van der Waals surface area (Å²) in [7, 11) is -3.54. The molecule has 0 aliphatic carbocycles. The van der Waals surface area contributed by atoms with Crippen LogP contribution in [0.25, 0.3) is 0 Å². The monoisotopic (exact) mass is 312 g/mol. The van der Waals surface area contributed by atoms with Crippen molar-refractivity contribution in [3.05, 3.63) is 30.3 Å². The average Bonchev–Trinajstić information content (AvgIpc) is 2.98. The van der Waals surface area contributed by atoms with Crippen LogP contribution < -0.4 is 5.30 Å². The van der Waals surface area contributed by atoms with Crippen molar-refractivity contribution < 1.29 is 23.7 Å². The fourth-order valence-electron chi connectivity index (χ4n) is 2.31. The molecule has 0 radical (unpaired) electrons. The molecule has 1 aliphatic heterocycles. The van der Waals surface area contributed by atoms with Crippen LogP contribution in [-0.4, -0.2) is 36.3 Å². The Hall–Kier alpha value is -1.16. The zero-order valence-electron chi connectivity index (χ0n) is 12.1. The van der Waals surface area contributed by atoms with Gasteiger partial charge in [0.25, 0.3) is 0 Å². The predicted molar refractivity (Wildman–Crippen MR) is 79.9 cm³/mol. The SMILES string of the molecule is CC(CP(=O)(O)c1ccccc1)C(=O)OCC1CCCO1. The first-order chi connectivity index (χ1) is 9.99. The topological polar surface area (TPSA) is 72.8 Å². The van der Waals surface area contributed by atoms with Crippen molar-refractivity contribution in [3.63, 3.8) is 0 Å². The summed E-state index contributed by atoms with van der Waals surface area (Å²) < 4.78 is 22.9. The number of rotatable bonds is 6. The molecule has 0 saturated carbocycles. The van der Waals surface area contributed by atoms with Gasteiger partial charge in [-0.2, -0.15) is 0 Å². The van der Waals surface area contributed by atoms with Gasteiger partial charge in [-0.3, -0.25) is 9.36 Å². The molecule has 1 aromatic rings. The fourth-order valence-corrected chi connectivity index (χ4v) is 4.05. The number of carbonyl (C=O) groups is 1. The van der Waals surface area contributed by atoms with Gasteiger partial charge < -0.3 is 14.4 Å². The van der Waals surface area contributed by atoms with Crippen LogP contribution >= 0.6 is 7.37 Å². The largest absolute Gasteiger partial charge is 0.463 e. The van der Waals surface area contributed by atoms with E-state index in [2.05, 4.69) is 0 Å². The number of hydrogen-bond donors (Lipinski definition) is 1. The van der Waals surface area contributed by atoms with E-state index in [-0.39, 0.29) is 18.9 Å². The molecule has 5 nitrogen and oxygen atoms in total. The highest BCUT2D eigenvalue weighted by Gasteiger charge is 2.29. The van der Waals surface area contributed by atoms with Crippen LogP contribution in [0.1, 0.15) is 19.8 Å². The van der Waals surface area contributed by atoms with Crippen LogP contribution in [0.5, 0.6) is 0 Å². The quantitative estimate of drug-likeness (QED) is 0.642. The van der Waals surface area contributed by atoms with E-state index < -0.39 is 19.3 Å². The minimum Gasteiger partial charge on any atom is -0.463 e. The molecule has 1 aromatic carbocycles. The number of esters is 1. The first-order valence-electron chi connectivity index (χ1n) is 7.15. The van der Waals surface area contributed by atoms with Gasteiger partial charge in [0.15, 0.2) is 0 Å². The van der Waals surface area contributed by atoms with Crippen LogP contribution in [-0.2, 0) is 18.8 Å². The Labute approximate surface area is 124 Å². The van der Waals surface area contributed by atoms with Crippen molar-refractivity contribution in [1.29, 1.82) is 0 Å². The summed E-state index contributed by atoms with van der Waals surface area (Å²) >= 11 is 0. The highest BCUT2D eigenvalue weighted by atomic mass is 31.2. The highest BCUT2D eigenvalue weighted by molar-refractivity contribution is 7.66. The Morgan fingerprint density at radius 3 is 2.81 bits per heavy atom. The molecule has 21 heavy (non-hydrogen) atoms. The van der Waals surface area contributed by atoms with E-state index in [4.69, 9.17) is 9.47 Å². The molecule has 1 saturated heterocycles. The van der Waals surface area contributed by atoms with Crippen molar-refractivity contribution in [2.24, 2.45) is 5.92 Å². The smallest absolute Gasteiger partial charge is 0.309 e. The van der Waals surface area contributed by atoms with Crippen molar-refractivity contribution in [3.8, 4) is 0 Å². The first-order valence-corrected chi connectivity index (χ1v) is 8.99. The second kappa shape index (κ2) is 7.21. The van der Waals surface area contributed by atoms with Gasteiger partial charge in [-0.05, 0) is 25.0 Å². The Kier molecular flexibility index (Phi) is 5.57. The fraction of sp³-hybridized carbons (Fsp3) is 0.533. The van der Waals surface area contributed by atoms with Gasteiger partial charge in [0.2, 0.25) is 7.37 Å². The molecule has 0 bridgehead atoms. The van der Waals surface area contributed by atoms with Gasteiger partial charge >= 0.3 is 5.97 Å². The number of carbonyl (C=O) groups excluding carboxylic acids is 1. The highest BCUT2D eigenvalue weighted by Crippen LogP contribution is 2.41. The molecule has 1 N–H and O–H groups in total. The summed E-state index contributed by atoms with van der Waals surface area (Å²) in [5.41, 5.74) is 0. The van der Waals surface area contributed by atoms with E-state index in [0.29, 0.717) is 11.9 Å². The van der Waals surface area contributed by atoms with Gasteiger partial charge in [0.05, 0.1) is 12.0 Å². The third-order valence-corrected chi connectivity index (χ3v) is 5.67. The molecular formula is C15H21O5P. The van der Waals surface area contributed by atoms with E-state index >= 15 is 0 Å². The second-order valence-corrected chi connectivity index (χ2v) is 7.67. The van der Waals surface area contributed by atoms with Gasteiger partial charge in [-0.15, -0.1) is 0 Å². The van der Waals surface area contributed by atoms with E-state index in [1.54, 1.807) is 37.3 Å². The van der Waals surface area contributed by atoms with Crippen molar-refractivity contribution in [2.45, 2.75) is 25.9 Å². The van der Waals surface area contributed by atoms with Crippen LogP contribution in [0.2, 0.25) is 0 Å². The van der Waals surface area contributed by atoms with E-state index in [9.17, 15) is 14.3 Å². The van der Waals surface area contributed by atoms with Gasteiger partial charge in [-0.1, -0.05) is 25.1 Å². The molecule has 1 heterocycles. The minimum absolute atomic E-state index is 0.0313. The number of ether oxygens (including phenoxy) is 2. The zero-order valence-corrected chi connectivity index (χ0v) is 13.0. The Bertz CT molecular complexity index is 510. The summed E-state index contributed by atoms with van der Waals surface area (Å²) in [4.78, 5) is 22.0. The van der Waals surface area contributed by atoms with Crippen LogP contribution in [0.3, 0.4) is 0 Å². The van der Waals surface area contributed by atoms with Crippen LogP contribution in [0.15, 0.2) is 30.3 Å². The van der Waals surface area contributed by atoms with Gasteiger partial charge in [-0.25, -0.2) is 0 Å². The lowest BCUT2D eigenvalue weighted by Crippen LogP contribution is -2.25. The second-order valence-electron chi connectivity index (χ2n) is 5.39. The molecule has 3 unspecified atom stereocenters. The molecule has 116 valence electrons. The molecule has 0 amide bonds.